The van der Waals surface area contributed by atoms with Crippen molar-refractivity contribution in [3.05, 3.63) is 84.2 Å². The standard InChI is InChI=1S/C22H17Cl2N3O6S/c1-3-33-22(30)17-11(2)18(20(29)25-16-10-13(23)6-9-15(16)24)34-21(17)26-19(28)12-4-7-14(8-5-12)27(31)32/h4-10H,3H2,1-2H3,(H,25,29)(H,26,28). The summed E-state index contributed by atoms with van der Waals surface area (Å²) in [6, 6.07) is 9.53. The number of halogens is 2. The number of non-ortho nitro benzene ring substituents is 1. The molecule has 0 bridgehead atoms. The number of amides is 2. The molecule has 2 amide bonds. The Hall–Kier alpha value is -3.47. The summed E-state index contributed by atoms with van der Waals surface area (Å²) in [5.74, 6) is -1.89. The predicted octanol–water partition coefficient (Wildman–Crippen LogP) is 5.95. The van der Waals surface area contributed by atoms with Crippen molar-refractivity contribution < 1.29 is 24.0 Å². The maximum Gasteiger partial charge on any atom is 0.341 e. The van der Waals surface area contributed by atoms with Crippen molar-refractivity contribution in [2.75, 3.05) is 17.2 Å². The number of ether oxygens (including phenoxy) is 1. The molecule has 0 unspecified atom stereocenters. The third-order valence-corrected chi connectivity index (χ3v) is 6.35. The number of hydrogen-bond donors (Lipinski definition) is 2. The number of nitro groups is 1. The maximum absolute atomic E-state index is 13.0. The molecular weight excluding hydrogens is 505 g/mol. The Bertz CT molecular complexity index is 1290. The van der Waals surface area contributed by atoms with Crippen LogP contribution in [0.4, 0.5) is 16.4 Å². The molecule has 2 aromatic carbocycles. The molecule has 2 N–H and O–H groups in total. The first-order valence-electron chi connectivity index (χ1n) is 9.75. The van der Waals surface area contributed by atoms with Gasteiger partial charge in [0, 0.05) is 22.7 Å². The molecule has 0 aliphatic carbocycles. The van der Waals surface area contributed by atoms with Gasteiger partial charge >= 0.3 is 5.97 Å². The molecule has 0 radical (unpaired) electrons. The smallest absolute Gasteiger partial charge is 0.341 e. The van der Waals surface area contributed by atoms with Gasteiger partial charge in [-0.2, -0.15) is 0 Å². The number of nitro benzene ring substituents is 1. The number of nitrogens with zero attached hydrogens (tertiary/aromatic N) is 1. The first kappa shape index (κ1) is 25.2. The lowest BCUT2D eigenvalue weighted by Gasteiger charge is -2.08. The molecule has 3 rings (SSSR count). The van der Waals surface area contributed by atoms with Gasteiger partial charge in [-0.05, 0) is 49.7 Å². The third kappa shape index (κ3) is 5.53. The fourth-order valence-electron chi connectivity index (χ4n) is 2.95. The van der Waals surface area contributed by atoms with Crippen molar-refractivity contribution in [3.63, 3.8) is 0 Å². The number of carbonyl (C=O) groups is 3. The van der Waals surface area contributed by atoms with E-state index in [0.717, 1.165) is 11.3 Å². The number of hydrogen-bond acceptors (Lipinski definition) is 7. The minimum atomic E-state index is -0.713. The third-order valence-electron chi connectivity index (χ3n) is 4.58. The van der Waals surface area contributed by atoms with E-state index in [1.54, 1.807) is 19.9 Å². The molecule has 1 aromatic heterocycles. The molecule has 1 heterocycles. The van der Waals surface area contributed by atoms with Gasteiger partial charge in [0.2, 0.25) is 0 Å². The van der Waals surface area contributed by atoms with Gasteiger partial charge in [0.1, 0.15) is 5.00 Å². The van der Waals surface area contributed by atoms with Crippen molar-refractivity contribution >= 4 is 68.7 Å². The highest BCUT2D eigenvalue weighted by molar-refractivity contribution is 7.19. The van der Waals surface area contributed by atoms with Crippen LogP contribution in [0, 0.1) is 17.0 Å². The van der Waals surface area contributed by atoms with E-state index in [1.807, 2.05) is 0 Å². The van der Waals surface area contributed by atoms with Crippen molar-refractivity contribution in [1.82, 2.24) is 0 Å². The molecule has 0 saturated heterocycles. The van der Waals surface area contributed by atoms with Crippen LogP contribution in [0.2, 0.25) is 10.0 Å². The molecule has 9 nitrogen and oxygen atoms in total. The molecule has 176 valence electrons. The molecule has 0 aliphatic rings. The first-order chi connectivity index (χ1) is 16.1. The molecular formula is C22H17Cl2N3O6S. The highest BCUT2D eigenvalue weighted by Crippen LogP contribution is 2.35. The van der Waals surface area contributed by atoms with Gasteiger partial charge in [-0.1, -0.05) is 23.2 Å². The summed E-state index contributed by atoms with van der Waals surface area (Å²) in [5, 5.41) is 16.8. The van der Waals surface area contributed by atoms with Crippen LogP contribution in [0.5, 0.6) is 0 Å². The Morgan fingerprint density at radius 1 is 1.06 bits per heavy atom. The van der Waals surface area contributed by atoms with Gasteiger partial charge < -0.3 is 15.4 Å². The zero-order valence-corrected chi connectivity index (χ0v) is 20.1. The van der Waals surface area contributed by atoms with Crippen LogP contribution >= 0.6 is 34.5 Å². The number of carbonyl (C=O) groups excluding carboxylic acids is 3. The molecule has 34 heavy (non-hydrogen) atoms. The average Bonchev–Trinajstić information content (AvgIpc) is 3.12. The van der Waals surface area contributed by atoms with E-state index in [4.69, 9.17) is 27.9 Å². The monoisotopic (exact) mass is 521 g/mol. The van der Waals surface area contributed by atoms with Crippen LogP contribution in [0.15, 0.2) is 42.5 Å². The van der Waals surface area contributed by atoms with Crippen LogP contribution in [0.3, 0.4) is 0 Å². The highest BCUT2D eigenvalue weighted by Gasteiger charge is 2.27. The number of benzene rings is 2. The second kappa shape index (κ2) is 10.6. The Morgan fingerprint density at radius 2 is 1.74 bits per heavy atom. The molecule has 0 aliphatic heterocycles. The highest BCUT2D eigenvalue weighted by atomic mass is 35.5. The lowest BCUT2D eigenvalue weighted by molar-refractivity contribution is -0.384. The number of thiophene rings is 1. The van der Waals surface area contributed by atoms with Crippen molar-refractivity contribution in [3.8, 4) is 0 Å². The summed E-state index contributed by atoms with van der Waals surface area (Å²) < 4.78 is 5.10. The van der Waals surface area contributed by atoms with Gasteiger partial charge in [0.05, 0.1) is 32.7 Å². The van der Waals surface area contributed by atoms with E-state index in [2.05, 4.69) is 10.6 Å². The van der Waals surface area contributed by atoms with Crippen LogP contribution < -0.4 is 10.6 Å². The van der Waals surface area contributed by atoms with E-state index in [1.165, 1.54) is 36.4 Å². The number of nitrogens with one attached hydrogen (secondary N) is 2. The maximum atomic E-state index is 13.0. The fraction of sp³-hybridized carbons (Fsp3) is 0.136. The number of rotatable bonds is 7. The Kier molecular flexibility index (Phi) is 7.87. The van der Waals surface area contributed by atoms with Gasteiger partial charge in [-0.25, -0.2) is 4.79 Å². The van der Waals surface area contributed by atoms with E-state index >= 15 is 0 Å². The Labute approximate surface area is 207 Å². The van der Waals surface area contributed by atoms with Gasteiger partial charge in [0.25, 0.3) is 17.5 Å². The summed E-state index contributed by atoms with van der Waals surface area (Å²) in [4.78, 5) is 48.7. The molecule has 0 saturated carbocycles. The summed E-state index contributed by atoms with van der Waals surface area (Å²) >= 11 is 13.0. The predicted molar refractivity (Wildman–Crippen MR) is 130 cm³/mol. The van der Waals surface area contributed by atoms with Gasteiger partial charge in [-0.15, -0.1) is 11.3 Å². The van der Waals surface area contributed by atoms with Crippen molar-refractivity contribution in [2.45, 2.75) is 13.8 Å². The summed E-state index contributed by atoms with van der Waals surface area (Å²) in [5.41, 5.74) is 0.571. The molecule has 12 heteroatoms. The summed E-state index contributed by atoms with van der Waals surface area (Å²) in [7, 11) is 0. The van der Waals surface area contributed by atoms with Crippen molar-refractivity contribution in [1.29, 1.82) is 0 Å². The quantitative estimate of drug-likeness (QED) is 0.224. The lowest BCUT2D eigenvalue weighted by Crippen LogP contribution is -2.15. The van der Waals surface area contributed by atoms with E-state index in [0.29, 0.717) is 10.6 Å². The Balaban J connectivity index is 1.94. The first-order valence-corrected chi connectivity index (χ1v) is 11.3. The summed E-state index contributed by atoms with van der Waals surface area (Å²) in [6.07, 6.45) is 0. The average molecular weight is 522 g/mol. The molecule has 3 aromatic rings. The zero-order valence-electron chi connectivity index (χ0n) is 17.8. The van der Waals surface area contributed by atoms with Crippen LogP contribution in [0.25, 0.3) is 0 Å². The van der Waals surface area contributed by atoms with Gasteiger partial charge in [0.15, 0.2) is 0 Å². The zero-order chi connectivity index (χ0) is 25.0. The second-order valence-corrected chi connectivity index (χ2v) is 8.68. The normalized spacial score (nSPS) is 10.5. The lowest BCUT2D eigenvalue weighted by atomic mass is 10.1. The second-order valence-electron chi connectivity index (χ2n) is 6.82. The van der Waals surface area contributed by atoms with E-state index < -0.39 is 22.7 Å². The van der Waals surface area contributed by atoms with Crippen LogP contribution in [-0.2, 0) is 4.74 Å². The fourth-order valence-corrected chi connectivity index (χ4v) is 4.37. The van der Waals surface area contributed by atoms with Crippen LogP contribution in [0.1, 0.15) is 42.9 Å². The van der Waals surface area contributed by atoms with Crippen molar-refractivity contribution in [2.24, 2.45) is 0 Å². The van der Waals surface area contributed by atoms with Gasteiger partial charge in [-0.3, -0.25) is 19.7 Å². The number of esters is 1. The Morgan fingerprint density at radius 3 is 2.35 bits per heavy atom. The topological polar surface area (TPSA) is 128 Å². The number of anilines is 2. The van der Waals surface area contributed by atoms with E-state index in [9.17, 15) is 24.5 Å². The molecule has 0 atom stereocenters. The minimum Gasteiger partial charge on any atom is -0.462 e. The van der Waals surface area contributed by atoms with E-state index in [-0.39, 0.29) is 44.0 Å². The summed E-state index contributed by atoms with van der Waals surface area (Å²) in [6.45, 7) is 3.27. The molecule has 0 spiro atoms. The minimum absolute atomic E-state index is 0.0319. The largest absolute Gasteiger partial charge is 0.462 e. The SMILES string of the molecule is CCOC(=O)c1c(NC(=O)c2ccc([N+](=O)[O-])cc2)sc(C(=O)Nc2cc(Cl)ccc2Cl)c1C. The molecule has 0 fully saturated rings. The van der Waals surface area contributed by atoms with Crippen LogP contribution in [-0.4, -0.2) is 29.3 Å².